The zero-order valence-corrected chi connectivity index (χ0v) is 8.84. The molecule has 3 rings (SSSR count). The molecule has 0 aliphatic carbocycles. The van der Waals surface area contributed by atoms with Crippen molar-refractivity contribution in [3.63, 3.8) is 0 Å². The van der Waals surface area contributed by atoms with Gasteiger partial charge in [-0.2, -0.15) is 0 Å². The van der Waals surface area contributed by atoms with Gasteiger partial charge in [-0.05, 0) is 12.1 Å². The minimum Gasteiger partial charge on any atom is -0.494 e. The van der Waals surface area contributed by atoms with Crippen LogP contribution in [-0.4, -0.2) is 17.3 Å². The van der Waals surface area contributed by atoms with Crippen molar-refractivity contribution in [2.45, 2.75) is 0 Å². The average Bonchev–Trinajstić information content (AvgIpc) is 2.37. The number of benzene rings is 2. The van der Waals surface area contributed by atoms with E-state index < -0.39 is 0 Å². The van der Waals surface area contributed by atoms with Crippen LogP contribution >= 0.6 is 0 Å². The summed E-state index contributed by atoms with van der Waals surface area (Å²) in [6.45, 7) is 0. The summed E-state index contributed by atoms with van der Waals surface area (Å²) in [4.78, 5) is 0. The van der Waals surface area contributed by atoms with E-state index in [0.29, 0.717) is 0 Å². The molecule has 0 bridgehead atoms. The van der Waals surface area contributed by atoms with Gasteiger partial charge in [0.2, 0.25) is 0 Å². The van der Waals surface area contributed by atoms with Crippen LogP contribution in [0, 0.1) is 0 Å². The lowest BCUT2D eigenvalue weighted by Gasteiger charge is -2.05. The molecule has 3 aromatic rings. The summed E-state index contributed by atoms with van der Waals surface area (Å²) in [5, 5.41) is 10.6. The molecule has 16 heavy (non-hydrogen) atoms. The second-order valence-corrected chi connectivity index (χ2v) is 3.57. The van der Waals surface area contributed by atoms with Crippen LogP contribution in [0.4, 0.5) is 0 Å². The van der Waals surface area contributed by atoms with Crippen molar-refractivity contribution in [2.75, 3.05) is 7.11 Å². The molecule has 0 amide bonds. The van der Waals surface area contributed by atoms with Crippen molar-refractivity contribution in [2.24, 2.45) is 0 Å². The van der Waals surface area contributed by atoms with Crippen molar-refractivity contribution in [1.29, 1.82) is 0 Å². The summed E-state index contributed by atoms with van der Waals surface area (Å²) in [5.41, 5.74) is 1.71. The summed E-state index contributed by atoms with van der Waals surface area (Å²) in [7, 11) is 1.64. The quantitative estimate of drug-likeness (QED) is 0.579. The van der Waals surface area contributed by atoms with E-state index in [1.54, 1.807) is 7.11 Å². The molecule has 0 atom stereocenters. The van der Waals surface area contributed by atoms with Crippen LogP contribution in [-0.2, 0) is 0 Å². The molecule has 0 N–H and O–H groups in total. The SMILES string of the molecule is COc1cccc2c1nnc1ccccc12. The molecule has 1 aromatic heterocycles. The molecule has 3 nitrogen and oxygen atoms in total. The zero-order valence-electron chi connectivity index (χ0n) is 8.84. The molecular weight excluding hydrogens is 200 g/mol. The minimum atomic E-state index is 0.760. The van der Waals surface area contributed by atoms with Gasteiger partial charge in [-0.25, -0.2) is 0 Å². The van der Waals surface area contributed by atoms with Crippen LogP contribution in [0.25, 0.3) is 21.8 Å². The van der Waals surface area contributed by atoms with Gasteiger partial charge in [0.1, 0.15) is 11.3 Å². The second kappa shape index (κ2) is 3.45. The Bertz CT molecular complexity index is 664. The maximum absolute atomic E-state index is 5.27. The van der Waals surface area contributed by atoms with E-state index in [2.05, 4.69) is 10.2 Å². The van der Waals surface area contributed by atoms with Crippen molar-refractivity contribution in [3.05, 3.63) is 42.5 Å². The molecule has 0 saturated heterocycles. The van der Waals surface area contributed by atoms with Gasteiger partial charge in [0.25, 0.3) is 0 Å². The smallest absolute Gasteiger partial charge is 0.147 e. The molecule has 0 radical (unpaired) electrons. The van der Waals surface area contributed by atoms with Crippen LogP contribution < -0.4 is 4.74 Å². The molecular formula is C13H10N2O. The lowest BCUT2D eigenvalue weighted by molar-refractivity contribution is 0.418. The molecule has 0 unspecified atom stereocenters. The molecule has 2 aromatic carbocycles. The lowest BCUT2D eigenvalue weighted by atomic mass is 10.1. The average molecular weight is 210 g/mol. The summed E-state index contributed by atoms with van der Waals surface area (Å²) in [6.07, 6.45) is 0. The number of rotatable bonds is 1. The Balaban J connectivity index is 2.52. The van der Waals surface area contributed by atoms with Crippen LogP contribution in [0.5, 0.6) is 5.75 Å². The Labute approximate surface area is 92.7 Å². The van der Waals surface area contributed by atoms with Crippen molar-refractivity contribution < 1.29 is 4.74 Å². The largest absolute Gasteiger partial charge is 0.494 e. The highest BCUT2D eigenvalue weighted by Gasteiger charge is 2.06. The molecule has 3 heteroatoms. The van der Waals surface area contributed by atoms with E-state index in [1.807, 2.05) is 42.5 Å². The minimum absolute atomic E-state index is 0.760. The predicted molar refractivity (Wildman–Crippen MR) is 63.6 cm³/mol. The highest BCUT2D eigenvalue weighted by molar-refractivity contribution is 6.05. The number of aromatic nitrogens is 2. The van der Waals surface area contributed by atoms with Gasteiger partial charge in [0.15, 0.2) is 0 Å². The van der Waals surface area contributed by atoms with Gasteiger partial charge in [-0.15, -0.1) is 10.2 Å². The van der Waals surface area contributed by atoms with Crippen molar-refractivity contribution >= 4 is 21.8 Å². The Kier molecular flexibility index (Phi) is 1.96. The number of hydrogen-bond donors (Lipinski definition) is 0. The summed E-state index contributed by atoms with van der Waals surface area (Å²) >= 11 is 0. The fourth-order valence-corrected chi connectivity index (χ4v) is 1.90. The highest BCUT2D eigenvalue weighted by atomic mass is 16.5. The first kappa shape index (κ1) is 9.09. The number of fused-ring (bicyclic) bond motifs is 3. The molecule has 0 saturated carbocycles. The molecule has 0 aliphatic rings. The normalized spacial score (nSPS) is 10.8. The number of nitrogens with zero attached hydrogens (tertiary/aromatic N) is 2. The molecule has 0 aliphatic heterocycles. The first-order chi connectivity index (χ1) is 7.90. The van der Waals surface area contributed by atoms with Crippen LogP contribution in [0.15, 0.2) is 42.5 Å². The van der Waals surface area contributed by atoms with Crippen LogP contribution in [0.1, 0.15) is 0 Å². The fourth-order valence-electron chi connectivity index (χ4n) is 1.90. The van der Waals surface area contributed by atoms with E-state index in [0.717, 1.165) is 27.6 Å². The summed E-state index contributed by atoms with van der Waals surface area (Å²) in [6, 6.07) is 13.9. The fraction of sp³-hybridized carbons (Fsp3) is 0.0769. The zero-order chi connectivity index (χ0) is 11.0. The van der Waals surface area contributed by atoms with Crippen LogP contribution in [0.3, 0.4) is 0 Å². The number of methoxy groups -OCH3 is 1. The topological polar surface area (TPSA) is 35.0 Å². The third-order valence-electron chi connectivity index (χ3n) is 2.67. The Morgan fingerprint density at radius 3 is 2.56 bits per heavy atom. The van der Waals surface area contributed by atoms with E-state index in [9.17, 15) is 0 Å². The third-order valence-corrected chi connectivity index (χ3v) is 2.67. The first-order valence-corrected chi connectivity index (χ1v) is 5.08. The summed E-state index contributed by atoms with van der Waals surface area (Å²) in [5.74, 6) is 0.760. The van der Waals surface area contributed by atoms with Gasteiger partial charge < -0.3 is 4.74 Å². The summed E-state index contributed by atoms with van der Waals surface area (Å²) < 4.78 is 5.27. The van der Waals surface area contributed by atoms with Gasteiger partial charge in [0, 0.05) is 10.8 Å². The molecule has 78 valence electrons. The predicted octanol–water partition coefficient (Wildman–Crippen LogP) is 2.79. The Morgan fingerprint density at radius 1 is 0.875 bits per heavy atom. The monoisotopic (exact) mass is 210 g/mol. The highest BCUT2D eigenvalue weighted by Crippen LogP contribution is 2.27. The Morgan fingerprint density at radius 2 is 1.69 bits per heavy atom. The molecule has 1 heterocycles. The number of hydrogen-bond acceptors (Lipinski definition) is 3. The van der Waals surface area contributed by atoms with Gasteiger partial charge in [-0.1, -0.05) is 30.3 Å². The third kappa shape index (κ3) is 1.21. The van der Waals surface area contributed by atoms with E-state index in [1.165, 1.54) is 0 Å². The van der Waals surface area contributed by atoms with Gasteiger partial charge >= 0.3 is 0 Å². The molecule has 0 fully saturated rings. The lowest BCUT2D eigenvalue weighted by Crippen LogP contribution is -1.91. The molecule has 0 spiro atoms. The second-order valence-electron chi connectivity index (χ2n) is 3.57. The first-order valence-electron chi connectivity index (χ1n) is 5.08. The van der Waals surface area contributed by atoms with E-state index in [-0.39, 0.29) is 0 Å². The Hall–Kier alpha value is -2.16. The number of ether oxygens (including phenoxy) is 1. The van der Waals surface area contributed by atoms with Crippen molar-refractivity contribution in [3.8, 4) is 5.75 Å². The van der Waals surface area contributed by atoms with E-state index in [4.69, 9.17) is 4.74 Å². The standard InChI is InChI=1S/C13H10N2O/c1-16-12-8-4-6-10-9-5-2-3-7-11(9)14-15-13(10)12/h2-8H,1H3. The van der Waals surface area contributed by atoms with Gasteiger partial charge in [0.05, 0.1) is 12.6 Å². The van der Waals surface area contributed by atoms with Crippen LogP contribution in [0.2, 0.25) is 0 Å². The van der Waals surface area contributed by atoms with Gasteiger partial charge in [-0.3, -0.25) is 0 Å². The maximum Gasteiger partial charge on any atom is 0.147 e. The van der Waals surface area contributed by atoms with E-state index >= 15 is 0 Å². The maximum atomic E-state index is 5.27. The van der Waals surface area contributed by atoms with Crippen molar-refractivity contribution in [1.82, 2.24) is 10.2 Å².